The minimum absolute atomic E-state index is 0.0663. The number of hydrogen-bond acceptors (Lipinski definition) is 0. The Morgan fingerprint density at radius 1 is 0.370 bits per heavy atom. The fourth-order valence-corrected chi connectivity index (χ4v) is 3.81. The molecule has 0 fully saturated rings. The smallest absolute Gasteiger partial charge is 0.0356 e. The molecular formula is C24H33N3. The molecule has 3 nitrogen and oxygen atoms in total. The number of fused-ring (bicyclic) bond motifs is 6. The summed E-state index contributed by atoms with van der Waals surface area (Å²) in [5, 5.41) is 8.09. The van der Waals surface area contributed by atoms with Gasteiger partial charge in [-0.3, -0.25) is 0 Å². The van der Waals surface area contributed by atoms with Crippen LogP contribution in [0.2, 0.25) is 0 Å². The van der Waals surface area contributed by atoms with Crippen LogP contribution < -0.4 is 0 Å². The van der Waals surface area contributed by atoms with Crippen molar-refractivity contribution >= 4 is 32.3 Å². The molecule has 0 aliphatic carbocycles. The summed E-state index contributed by atoms with van der Waals surface area (Å²) in [6.07, 6.45) is 14.0. The molecule has 0 bridgehead atoms. The second kappa shape index (κ2) is 5.21. The van der Waals surface area contributed by atoms with Crippen LogP contribution in [0.1, 0.15) is 62.3 Å². The Labute approximate surface area is 162 Å². The van der Waals surface area contributed by atoms with E-state index in [1.54, 1.807) is 0 Å². The van der Waals surface area contributed by atoms with E-state index in [1.807, 2.05) is 0 Å². The van der Waals surface area contributed by atoms with Gasteiger partial charge in [0.1, 0.15) is 0 Å². The minimum Gasteiger partial charge on any atom is -0.348 e. The summed E-state index contributed by atoms with van der Waals surface area (Å²) in [4.78, 5) is 0. The summed E-state index contributed by atoms with van der Waals surface area (Å²) in [5.41, 5.74) is 0.199. The standard InChI is InChI=1S/C24H33N3/c1-22(2,3)25-10-16-17(11-25)19-13-27(24(7,8)9)15-21(19)20-14-26(12-18(16)20)23(4,5)6/h10-15H,1-9H3. The largest absolute Gasteiger partial charge is 0.348 e. The SMILES string of the molecule is CC(C)(C)n1cc2c3cn(C(C)(C)C)cc3c3cn(C(C)(C)C)cc3c2c1. The first-order chi connectivity index (χ1) is 12.3. The van der Waals surface area contributed by atoms with Crippen LogP contribution in [0.4, 0.5) is 0 Å². The third-order valence-electron chi connectivity index (χ3n) is 5.67. The Hall–Kier alpha value is -2.16. The number of aromatic nitrogens is 3. The van der Waals surface area contributed by atoms with Crippen molar-refractivity contribution < 1.29 is 0 Å². The van der Waals surface area contributed by atoms with E-state index in [0.29, 0.717) is 0 Å². The molecule has 0 aliphatic rings. The molecular weight excluding hydrogens is 330 g/mol. The van der Waals surface area contributed by atoms with E-state index in [-0.39, 0.29) is 16.6 Å². The van der Waals surface area contributed by atoms with Gasteiger partial charge in [-0.05, 0) is 62.3 Å². The van der Waals surface area contributed by atoms with Gasteiger partial charge >= 0.3 is 0 Å². The maximum atomic E-state index is 2.36. The zero-order valence-corrected chi connectivity index (χ0v) is 18.3. The van der Waals surface area contributed by atoms with E-state index in [4.69, 9.17) is 0 Å². The van der Waals surface area contributed by atoms with Gasteiger partial charge in [-0.1, -0.05) is 0 Å². The molecule has 4 rings (SSSR count). The van der Waals surface area contributed by atoms with Crippen molar-refractivity contribution in [2.45, 2.75) is 78.9 Å². The minimum atomic E-state index is 0.0663. The van der Waals surface area contributed by atoms with Gasteiger partial charge in [-0.15, -0.1) is 0 Å². The Morgan fingerprint density at radius 3 is 0.630 bits per heavy atom. The molecule has 3 heterocycles. The molecule has 3 heteroatoms. The first kappa shape index (κ1) is 18.2. The molecule has 1 aromatic carbocycles. The average molecular weight is 364 g/mol. The van der Waals surface area contributed by atoms with Crippen molar-refractivity contribution in [3.8, 4) is 0 Å². The van der Waals surface area contributed by atoms with E-state index in [9.17, 15) is 0 Å². The van der Waals surface area contributed by atoms with E-state index in [1.165, 1.54) is 32.3 Å². The van der Waals surface area contributed by atoms with Gasteiger partial charge in [0.05, 0.1) is 0 Å². The Morgan fingerprint density at radius 2 is 0.519 bits per heavy atom. The summed E-state index contributed by atoms with van der Waals surface area (Å²) in [6, 6.07) is 0. The molecule has 0 N–H and O–H groups in total. The molecule has 27 heavy (non-hydrogen) atoms. The van der Waals surface area contributed by atoms with E-state index in [0.717, 1.165) is 0 Å². The molecule has 0 amide bonds. The second-order valence-corrected chi connectivity index (χ2v) is 11.0. The predicted octanol–water partition coefficient (Wildman–Crippen LogP) is 6.82. The lowest BCUT2D eigenvalue weighted by Crippen LogP contribution is -2.19. The lowest BCUT2D eigenvalue weighted by atomic mass is 10.0. The fourth-order valence-electron chi connectivity index (χ4n) is 3.81. The van der Waals surface area contributed by atoms with Gasteiger partial charge in [0.2, 0.25) is 0 Å². The molecule has 144 valence electrons. The van der Waals surface area contributed by atoms with Crippen LogP contribution in [-0.2, 0) is 16.6 Å². The van der Waals surface area contributed by atoms with Crippen LogP contribution in [0.5, 0.6) is 0 Å². The number of nitrogens with zero attached hydrogens (tertiary/aromatic N) is 3. The van der Waals surface area contributed by atoms with E-state index in [2.05, 4.69) is 113 Å². The lowest BCUT2D eigenvalue weighted by molar-refractivity contribution is 0.399. The maximum absolute atomic E-state index is 2.36. The molecule has 0 radical (unpaired) electrons. The van der Waals surface area contributed by atoms with Gasteiger partial charge in [0.15, 0.2) is 0 Å². The van der Waals surface area contributed by atoms with Crippen LogP contribution >= 0.6 is 0 Å². The first-order valence-corrected chi connectivity index (χ1v) is 9.95. The third kappa shape index (κ3) is 2.79. The van der Waals surface area contributed by atoms with Crippen molar-refractivity contribution in [2.24, 2.45) is 0 Å². The van der Waals surface area contributed by atoms with Gasteiger partial charge in [-0.25, -0.2) is 0 Å². The Kier molecular flexibility index (Phi) is 3.52. The fraction of sp³-hybridized carbons (Fsp3) is 0.500. The van der Waals surface area contributed by atoms with Gasteiger partial charge in [0.25, 0.3) is 0 Å². The van der Waals surface area contributed by atoms with E-state index < -0.39 is 0 Å². The van der Waals surface area contributed by atoms with Crippen molar-refractivity contribution in [1.82, 2.24) is 13.7 Å². The maximum Gasteiger partial charge on any atom is 0.0356 e. The molecule has 3 aromatic heterocycles. The molecule has 0 saturated heterocycles. The van der Waals surface area contributed by atoms with E-state index >= 15 is 0 Å². The van der Waals surface area contributed by atoms with Crippen molar-refractivity contribution in [1.29, 1.82) is 0 Å². The average Bonchev–Trinajstić information content (AvgIpc) is 3.19. The topological polar surface area (TPSA) is 14.8 Å². The summed E-state index contributed by atoms with van der Waals surface area (Å²) in [6.45, 7) is 20.4. The highest BCUT2D eigenvalue weighted by atomic mass is 15.0. The highest BCUT2D eigenvalue weighted by Gasteiger charge is 2.22. The predicted molar refractivity (Wildman–Crippen MR) is 118 cm³/mol. The lowest BCUT2D eigenvalue weighted by Gasteiger charge is -2.21. The first-order valence-electron chi connectivity index (χ1n) is 9.95. The van der Waals surface area contributed by atoms with Crippen LogP contribution in [-0.4, -0.2) is 13.7 Å². The number of hydrogen-bond donors (Lipinski definition) is 0. The highest BCUT2D eigenvalue weighted by molar-refractivity contribution is 6.25. The van der Waals surface area contributed by atoms with Crippen LogP contribution in [0.25, 0.3) is 32.3 Å². The molecule has 4 aromatic rings. The summed E-state index contributed by atoms with van der Waals surface area (Å²) < 4.78 is 7.08. The third-order valence-corrected chi connectivity index (χ3v) is 5.67. The summed E-state index contributed by atoms with van der Waals surface area (Å²) in [7, 11) is 0. The monoisotopic (exact) mass is 363 g/mol. The highest BCUT2D eigenvalue weighted by Crippen LogP contribution is 2.39. The van der Waals surface area contributed by atoms with Crippen molar-refractivity contribution in [2.75, 3.05) is 0 Å². The zero-order valence-electron chi connectivity index (χ0n) is 18.3. The van der Waals surface area contributed by atoms with Gasteiger partial charge in [-0.2, -0.15) is 0 Å². The van der Waals surface area contributed by atoms with Crippen LogP contribution in [0.3, 0.4) is 0 Å². The number of benzene rings is 1. The quantitative estimate of drug-likeness (QED) is 0.326. The van der Waals surface area contributed by atoms with Crippen LogP contribution in [0.15, 0.2) is 37.2 Å². The van der Waals surface area contributed by atoms with Gasteiger partial charge in [0, 0.05) is 86.1 Å². The number of rotatable bonds is 0. The van der Waals surface area contributed by atoms with Crippen molar-refractivity contribution in [3.05, 3.63) is 37.2 Å². The molecule has 0 atom stereocenters. The molecule has 0 aliphatic heterocycles. The Bertz CT molecular complexity index is 912. The summed E-state index contributed by atoms with van der Waals surface area (Å²) >= 11 is 0. The Balaban J connectivity index is 2.19. The molecule has 0 spiro atoms. The second-order valence-electron chi connectivity index (χ2n) is 11.0. The van der Waals surface area contributed by atoms with Crippen molar-refractivity contribution in [3.63, 3.8) is 0 Å². The summed E-state index contributed by atoms with van der Waals surface area (Å²) in [5.74, 6) is 0. The molecule has 0 unspecified atom stereocenters. The zero-order chi connectivity index (χ0) is 19.9. The normalized spacial score (nSPS) is 14.1. The van der Waals surface area contributed by atoms with Crippen LogP contribution in [0, 0.1) is 0 Å². The molecule has 0 saturated carbocycles. The van der Waals surface area contributed by atoms with Gasteiger partial charge < -0.3 is 13.7 Å².